The molecule has 0 aromatic carbocycles. The Morgan fingerprint density at radius 2 is 1.21 bits per heavy atom. The fourth-order valence-corrected chi connectivity index (χ4v) is 1.82. The smallest absolute Gasteiger partial charge is 0.0197 e. The second-order valence-corrected chi connectivity index (χ2v) is 6.08. The Hall–Kier alpha value is -1.56. The first-order valence-electron chi connectivity index (χ1n) is 11.8. The van der Waals surface area contributed by atoms with Crippen LogP contribution < -0.4 is 0 Å². The predicted molar refractivity (Wildman–Crippen MR) is 144 cm³/mol. The van der Waals surface area contributed by atoms with E-state index in [1.165, 1.54) is 16.7 Å². The molecule has 0 rings (SSSR count). The quantitative estimate of drug-likeness (QED) is 0.353. The highest BCUT2D eigenvalue weighted by atomic mass is 14.1. The Balaban J connectivity index is -0.000000212. The second-order valence-electron chi connectivity index (χ2n) is 6.08. The molecule has 0 aromatic heterocycles. The monoisotopic (exact) mass is 404 g/mol. The summed E-state index contributed by atoms with van der Waals surface area (Å²) in [6.45, 7) is 37.0. The van der Waals surface area contributed by atoms with Gasteiger partial charge in [-0.2, -0.15) is 0 Å². The van der Waals surface area contributed by atoms with Crippen molar-refractivity contribution >= 4 is 0 Å². The number of rotatable bonds is 8. The molecule has 0 aliphatic rings. The van der Waals surface area contributed by atoms with Gasteiger partial charge in [0, 0.05) is 0 Å². The van der Waals surface area contributed by atoms with E-state index >= 15 is 0 Å². The molecular weight excluding hydrogens is 348 g/mol. The van der Waals surface area contributed by atoms with Crippen LogP contribution in [0.1, 0.15) is 110 Å². The van der Waals surface area contributed by atoms with Crippen LogP contribution >= 0.6 is 0 Å². The Kier molecular flexibility index (Phi) is 40.9. The van der Waals surface area contributed by atoms with Crippen molar-refractivity contribution in [1.82, 2.24) is 0 Å². The maximum absolute atomic E-state index is 4.16. The number of allylic oxidation sites excluding steroid dienone is 10. The molecule has 1 atom stereocenters. The molecule has 0 nitrogen and oxygen atoms in total. The first-order valence-corrected chi connectivity index (χ1v) is 11.8. The van der Waals surface area contributed by atoms with Gasteiger partial charge in [0.2, 0.25) is 0 Å². The van der Waals surface area contributed by atoms with Crippen LogP contribution in [-0.4, -0.2) is 0 Å². The highest BCUT2D eigenvalue weighted by Crippen LogP contribution is 2.20. The predicted octanol–water partition coefficient (Wildman–Crippen LogP) is 11.1. The van der Waals surface area contributed by atoms with Gasteiger partial charge in [0.25, 0.3) is 0 Å². The lowest BCUT2D eigenvalue weighted by Crippen LogP contribution is -1.96. The summed E-state index contributed by atoms with van der Waals surface area (Å²) in [7, 11) is 0. The standard InChI is InChI=1S/C21H32.4C2H6/c1-9-21(20(8)13-11-17(4)5)15-14-19(7)18(6)12-10-16(2)3;4*1-2/h10-13,15,19H,4,8-9,14H2,1-3,5-7H3;4*1-2H3/b13-11-,18-12+,21-15+;;;;. The first-order chi connectivity index (χ1) is 13.8. The molecule has 0 saturated heterocycles. The lowest BCUT2D eigenvalue weighted by atomic mass is 9.94. The molecule has 29 heavy (non-hydrogen) atoms. The maximum Gasteiger partial charge on any atom is -0.0197 e. The SMILES string of the molecule is C=C(C)/C=C\C(=C)/C(=C/CC(C)/C(C)=C/C=C(C)C)CC.CC.CC.CC.CC. The third-order valence-corrected chi connectivity index (χ3v) is 3.54. The maximum atomic E-state index is 4.16. The van der Waals surface area contributed by atoms with E-state index in [0.29, 0.717) is 5.92 Å². The van der Waals surface area contributed by atoms with Crippen LogP contribution in [0.3, 0.4) is 0 Å². The third kappa shape index (κ3) is 28.7. The molecule has 0 saturated carbocycles. The van der Waals surface area contributed by atoms with Crippen LogP contribution in [0.4, 0.5) is 0 Å². The van der Waals surface area contributed by atoms with Gasteiger partial charge < -0.3 is 0 Å². The molecule has 0 bridgehead atoms. The zero-order valence-corrected chi connectivity index (χ0v) is 22.8. The molecule has 0 heterocycles. The lowest BCUT2D eigenvalue weighted by molar-refractivity contribution is 0.691. The molecule has 0 aliphatic carbocycles. The molecule has 0 aliphatic heterocycles. The molecule has 0 heteroatoms. The van der Waals surface area contributed by atoms with Gasteiger partial charge in [-0.25, -0.2) is 0 Å². The average molecular weight is 405 g/mol. The van der Waals surface area contributed by atoms with Gasteiger partial charge in [-0.1, -0.05) is 129 Å². The molecule has 172 valence electrons. The Morgan fingerprint density at radius 3 is 1.55 bits per heavy atom. The van der Waals surface area contributed by atoms with E-state index in [1.807, 2.05) is 68.4 Å². The Morgan fingerprint density at radius 1 is 0.759 bits per heavy atom. The van der Waals surface area contributed by atoms with Crippen LogP contribution in [-0.2, 0) is 0 Å². The van der Waals surface area contributed by atoms with Crippen LogP contribution in [0, 0.1) is 5.92 Å². The third-order valence-electron chi connectivity index (χ3n) is 3.54. The minimum atomic E-state index is 0.556. The Labute approximate surface area is 187 Å². The molecule has 0 radical (unpaired) electrons. The molecule has 0 spiro atoms. The van der Waals surface area contributed by atoms with Gasteiger partial charge >= 0.3 is 0 Å². The summed E-state index contributed by atoms with van der Waals surface area (Å²) >= 11 is 0. The summed E-state index contributed by atoms with van der Waals surface area (Å²) < 4.78 is 0. The van der Waals surface area contributed by atoms with Crippen molar-refractivity contribution in [2.24, 2.45) is 5.92 Å². The van der Waals surface area contributed by atoms with E-state index in [1.54, 1.807) is 0 Å². The fourth-order valence-electron chi connectivity index (χ4n) is 1.82. The molecular formula is C29H56. The van der Waals surface area contributed by atoms with Gasteiger partial charge in [-0.15, -0.1) is 0 Å². The zero-order valence-electron chi connectivity index (χ0n) is 22.8. The topological polar surface area (TPSA) is 0 Å². The summed E-state index contributed by atoms with van der Waals surface area (Å²) in [6.07, 6.45) is 12.9. The van der Waals surface area contributed by atoms with E-state index < -0.39 is 0 Å². The van der Waals surface area contributed by atoms with Crippen molar-refractivity contribution < 1.29 is 0 Å². The normalized spacial score (nSPS) is 11.1. The molecule has 0 aromatic rings. The van der Waals surface area contributed by atoms with Crippen molar-refractivity contribution in [3.63, 3.8) is 0 Å². The van der Waals surface area contributed by atoms with Crippen molar-refractivity contribution in [3.8, 4) is 0 Å². The van der Waals surface area contributed by atoms with Crippen molar-refractivity contribution in [2.75, 3.05) is 0 Å². The molecule has 0 N–H and O–H groups in total. The van der Waals surface area contributed by atoms with Crippen molar-refractivity contribution in [1.29, 1.82) is 0 Å². The lowest BCUT2D eigenvalue weighted by Gasteiger charge is -2.11. The first kappa shape index (κ1) is 38.1. The Bertz CT molecular complexity index is 474. The van der Waals surface area contributed by atoms with Gasteiger partial charge in [-0.3, -0.25) is 0 Å². The fraction of sp³-hybridized carbons (Fsp3) is 0.586. The van der Waals surface area contributed by atoms with Crippen molar-refractivity contribution in [3.05, 3.63) is 71.4 Å². The average Bonchev–Trinajstić information content (AvgIpc) is 2.76. The van der Waals surface area contributed by atoms with E-state index in [0.717, 1.165) is 24.0 Å². The van der Waals surface area contributed by atoms with E-state index in [-0.39, 0.29) is 0 Å². The van der Waals surface area contributed by atoms with Gasteiger partial charge in [0.15, 0.2) is 0 Å². The summed E-state index contributed by atoms with van der Waals surface area (Å²) in [5.74, 6) is 0.556. The molecule has 1 unspecified atom stereocenters. The van der Waals surface area contributed by atoms with Gasteiger partial charge in [0.05, 0.1) is 0 Å². The van der Waals surface area contributed by atoms with Crippen LogP contribution in [0.25, 0.3) is 0 Å². The van der Waals surface area contributed by atoms with E-state index in [2.05, 4.69) is 72.1 Å². The van der Waals surface area contributed by atoms with Crippen molar-refractivity contribution in [2.45, 2.75) is 110 Å². The highest BCUT2D eigenvalue weighted by molar-refractivity contribution is 5.39. The van der Waals surface area contributed by atoms with E-state index in [4.69, 9.17) is 0 Å². The van der Waals surface area contributed by atoms with E-state index in [9.17, 15) is 0 Å². The van der Waals surface area contributed by atoms with Crippen LogP contribution in [0.15, 0.2) is 71.4 Å². The largest absolute Gasteiger partial charge is 0.0961 e. The minimum absolute atomic E-state index is 0.556. The zero-order chi connectivity index (χ0) is 24.4. The highest BCUT2D eigenvalue weighted by Gasteiger charge is 2.03. The summed E-state index contributed by atoms with van der Waals surface area (Å²) in [6, 6.07) is 0. The summed E-state index contributed by atoms with van der Waals surface area (Å²) in [4.78, 5) is 0. The summed E-state index contributed by atoms with van der Waals surface area (Å²) in [5, 5.41) is 0. The molecule has 0 amide bonds. The van der Waals surface area contributed by atoms with Gasteiger partial charge in [0.1, 0.15) is 0 Å². The summed E-state index contributed by atoms with van der Waals surface area (Å²) in [5.41, 5.74) is 6.24. The minimum Gasteiger partial charge on any atom is -0.0961 e. The van der Waals surface area contributed by atoms with Gasteiger partial charge in [-0.05, 0) is 57.6 Å². The van der Waals surface area contributed by atoms with Crippen LogP contribution in [0.5, 0.6) is 0 Å². The number of hydrogen-bond donors (Lipinski definition) is 0. The number of hydrogen-bond acceptors (Lipinski definition) is 0. The molecule has 0 fully saturated rings. The van der Waals surface area contributed by atoms with Crippen LogP contribution in [0.2, 0.25) is 0 Å². The second kappa shape index (κ2) is 31.1.